The number of aromatic nitrogens is 1. The third-order valence-corrected chi connectivity index (χ3v) is 8.79. The Balaban J connectivity index is 1.67. The van der Waals surface area contributed by atoms with Gasteiger partial charge in [-0.05, 0) is 30.6 Å². The largest absolute Gasteiger partial charge is 0.481 e. The molecule has 1 aliphatic heterocycles. The lowest BCUT2D eigenvalue weighted by Gasteiger charge is -2.58. The predicted octanol–water partition coefficient (Wildman–Crippen LogP) is 1.90. The molecule has 10 heteroatoms. The number of carboxylic acids is 1. The summed E-state index contributed by atoms with van der Waals surface area (Å²) in [4.78, 5) is 31.7. The summed E-state index contributed by atoms with van der Waals surface area (Å²) in [5, 5.41) is 33.9. The van der Waals surface area contributed by atoms with Gasteiger partial charge in [0.15, 0.2) is 5.13 Å². The maximum Gasteiger partial charge on any atom is 0.323 e. The fourth-order valence-electron chi connectivity index (χ4n) is 5.81. The number of carboxylic acid groups (broad SMARTS) is 1. The van der Waals surface area contributed by atoms with Crippen LogP contribution in [0.25, 0.3) is 0 Å². The molecule has 0 bridgehead atoms. The van der Waals surface area contributed by atoms with Gasteiger partial charge in [-0.15, -0.1) is 11.3 Å². The van der Waals surface area contributed by atoms with E-state index in [9.17, 15) is 24.9 Å². The highest BCUT2D eigenvalue weighted by Crippen LogP contribution is 2.62. The average Bonchev–Trinajstić information content (AvgIpc) is 3.15. The lowest BCUT2D eigenvalue weighted by atomic mass is 9.47. The van der Waals surface area contributed by atoms with Crippen molar-refractivity contribution >= 4 is 28.5 Å². The minimum absolute atomic E-state index is 0.0712. The van der Waals surface area contributed by atoms with E-state index in [2.05, 4.69) is 17.2 Å². The van der Waals surface area contributed by atoms with Crippen molar-refractivity contribution in [3.8, 4) is 0 Å². The standard InChI is InChI=1S/C21H31N3O6S/c1-20-4-3-15(26)21(2,11-25)14(20)10-13-17(12(20)9-16(27)28)22-18(31-13)23-19(29)24-5-7-30-8-6-24/h12,14-15,25-26H,3-11H2,1-2H3,(H,27,28)(H,22,23,29). The minimum atomic E-state index is -0.901. The summed E-state index contributed by atoms with van der Waals surface area (Å²) in [6.45, 7) is 5.85. The molecule has 4 rings (SSSR count). The van der Waals surface area contributed by atoms with Crippen molar-refractivity contribution in [2.24, 2.45) is 16.7 Å². The molecule has 4 N–H and O–H groups in total. The second-order valence-corrected chi connectivity index (χ2v) is 10.6. The third kappa shape index (κ3) is 3.83. The topological polar surface area (TPSA) is 132 Å². The molecule has 1 saturated carbocycles. The monoisotopic (exact) mass is 453 g/mol. The Labute approximate surface area is 185 Å². The zero-order valence-corrected chi connectivity index (χ0v) is 18.8. The number of aliphatic hydroxyl groups is 2. The Hall–Kier alpha value is -1.75. The molecule has 0 spiro atoms. The smallest absolute Gasteiger partial charge is 0.323 e. The molecular formula is C21H31N3O6S. The number of urea groups is 1. The maximum absolute atomic E-state index is 12.6. The molecule has 9 nitrogen and oxygen atoms in total. The minimum Gasteiger partial charge on any atom is -0.481 e. The van der Waals surface area contributed by atoms with Crippen LogP contribution in [0.15, 0.2) is 0 Å². The number of amides is 2. The second kappa shape index (κ2) is 8.31. The van der Waals surface area contributed by atoms with E-state index in [1.54, 1.807) is 4.90 Å². The second-order valence-electron chi connectivity index (χ2n) is 9.49. The van der Waals surface area contributed by atoms with Crippen LogP contribution in [0.2, 0.25) is 0 Å². The van der Waals surface area contributed by atoms with E-state index in [0.29, 0.717) is 50.7 Å². The summed E-state index contributed by atoms with van der Waals surface area (Å²) >= 11 is 1.37. The molecule has 1 aromatic heterocycles. The highest BCUT2D eigenvalue weighted by molar-refractivity contribution is 7.15. The van der Waals surface area contributed by atoms with Crippen molar-refractivity contribution in [3.63, 3.8) is 0 Å². The highest BCUT2D eigenvalue weighted by Gasteiger charge is 2.59. The number of ether oxygens (including phenoxy) is 1. The Morgan fingerprint density at radius 2 is 2.03 bits per heavy atom. The van der Waals surface area contributed by atoms with Crippen molar-refractivity contribution in [1.82, 2.24) is 9.88 Å². The summed E-state index contributed by atoms with van der Waals surface area (Å²) in [6, 6.07) is -0.233. The fourth-order valence-corrected chi connectivity index (χ4v) is 6.87. The van der Waals surface area contributed by atoms with Crippen LogP contribution in [0.5, 0.6) is 0 Å². The lowest BCUT2D eigenvalue weighted by Crippen LogP contribution is -2.57. The van der Waals surface area contributed by atoms with Crippen molar-refractivity contribution in [1.29, 1.82) is 0 Å². The first-order valence-corrected chi connectivity index (χ1v) is 11.6. The number of rotatable bonds is 4. The molecule has 5 atom stereocenters. The van der Waals surface area contributed by atoms with E-state index in [1.165, 1.54) is 11.3 Å². The summed E-state index contributed by atoms with van der Waals surface area (Å²) in [6.07, 6.45) is 1.06. The molecule has 0 radical (unpaired) electrons. The predicted molar refractivity (Wildman–Crippen MR) is 114 cm³/mol. The molecule has 2 amide bonds. The number of aliphatic hydroxyl groups excluding tert-OH is 2. The third-order valence-electron chi connectivity index (χ3n) is 7.78. The quantitative estimate of drug-likeness (QED) is 0.547. The van der Waals surface area contributed by atoms with Gasteiger partial charge in [0.25, 0.3) is 0 Å². The van der Waals surface area contributed by atoms with Gasteiger partial charge >= 0.3 is 12.0 Å². The van der Waals surface area contributed by atoms with Gasteiger partial charge in [-0.2, -0.15) is 0 Å². The van der Waals surface area contributed by atoms with Crippen LogP contribution in [-0.4, -0.2) is 76.2 Å². The first-order valence-electron chi connectivity index (χ1n) is 10.8. The lowest BCUT2D eigenvalue weighted by molar-refractivity contribution is -0.150. The molecule has 2 heterocycles. The van der Waals surface area contributed by atoms with Gasteiger partial charge in [0.1, 0.15) is 0 Å². The van der Waals surface area contributed by atoms with Crippen molar-refractivity contribution < 1.29 is 29.6 Å². The van der Waals surface area contributed by atoms with Crippen LogP contribution in [0, 0.1) is 16.7 Å². The van der Waals surface area contributed by atoms with E-state index >= 15 is 0 Å². The first-order chi connectivity index (χ1) is 14.7. The van der Waals surface area contributed by atoms with Crippen LogP contribution in [0.1, 0.15) is 49.6 Å². The molecule has 31 heavy (non-hydrogen) atoms. The number of aliphatic carboxylic acids is 1. The Morgan fingerprint density at radius 3 is 2.68 bits per heavy atom. The SMILES string of the molecule is CC1(CO)C(O)CCC2(C)C(CC(=O)O)c3nc(NC(=O)N4CCOCC4)sc3CC12. The van der Waals surface area contributed by atoms with Crippen LogP contribution in [0.4, 0.5) is 9.93 Å². The summed E-state index contributed by atoms with van der Waals surface area (Å²) in [5.74, 6) is -1.34. The van der Waals surface area contributed by atoms with E-state index in [4.69, 9.17) is 4.74 Å². The number of hydrogen-bond donors (Lipinski definition) is 4. The van der Waals surface area contributed by atoms with E-state index < -0.39 is 22.9 Å². The van der Waals surface area contributed by atoms with Gasteiger partial charge in [-0.25, -0.2) is 9.78 Å². The van der Waals surface area contributed by atoms with Crippen molar-refractivity contribution in [3.05, 3.63) is 10.6 Å². The summed E-state index contributed by atoms with van der Waals surface area (Å²) < 4.78 is 5.29. The number of nitrogens with one attached hydrogen (secondary N) is 1. The molecule has 1 aromatic rings. The van der Waals surface area contributed by atoms with E-state index in [1.807, 2.05) is 6.92 Å². The van der Waals surface area contributed by atoms with Crippen molar-refractivity contribution in [2.45, 2.75) is 51.6 Å². The number of morpholine rings is 1. The Morgan fingerprint density at radius 1 is 1.32 bits per heavy atom. The van der Waals surface area contributed by atoms with Crippen LogP contribution in [-0.2, 0) is 16.0 Å². The number of anilines is 1. The number of carbonyl (C=O) groups excluding carboxylic acids is 1. The highest BCUT2D eigenvalue weighted by atomic mass is 32.1. The van der Waals surface area contributed by atoms with Gasteiger partial charge in [-0.3, -0.25) is 10.1 Å². The normalized spacial score (nSPS) is 35.2. The molecule has 2 fully saturated rings. The van der Waals surface area contributed by atoms with E-state index in [0.717, 1.165) is 10.6 Å². The van der Waals surface area contributed by atoms with Gasteiger partial charge in [0, 0.05) is 29.3 Å². The molecule has 172 valence electrons. The molecule has 1 saturated heterocycles. The molecule has 0 aromatic carbocycles. The van der Waals surface area contributed by atoms with Gasteiger partial charge in [0.2, 0.25) is 0 Å². The molecule has 5 unspecified atom stereocenters. The molecular weight excluding hydrogens is 422 g/mol. The van der Waals surface area contributed by atoms with Crippen LogP contribution in [0.3, 0.4) is 0 Å². The van der Waals surface area contributed by atoms with Crippen LogP contribution < -0.4 is 5.32 Å². The zero-order chi connectivity index (χ0) is 22.4. The van der Waals surface area contributed by atoms with E-state index in [-0.39, 0.29) is 30.9 Å². The Bertz CT molecular complexity index is 856. The number of nitrogens with zero attached hydrogens (tertiary/aromatic N) is 2. The fraction of sp³-hybridized carbons (Fsp3) is 0.762. The van der Waals surface area contributed by atoms with Gasteiger partial charge in [-0.1, -0.05) is 13.8 Å². The Kier molecular flexibility index (Phi) is 6.01. The molecule has 2 aliphatic carbocycles. The number of fused-ring (bicyclic) bond motifs is 2. The number of carbonyl (C=O) groups is 2. The summed E-state index contributed by atoms with van der Waals surface area (Å²) in [5.41, 5.74) is -0.398. The number of thiazole rings is 1. The number of hydrogen-bond acceptors (Lipinski definition) is 7. The first kappa shape index (κ1) is 22.4. The maximum atomic E-state index is 12.6. The van der Waals surface area contributed by atoms with Crippen molar-refractivity contribution in [2.75, 3.05) is 38.2 Å². The molecule has 3 aliphatic rings. The summed E-state index contributed by atoms with van der Waals surface area (Å²) in [7, 11) is 0. The zero-order valence-electron chi connectivity index (χ0n) is 18.0. The van der Waals surface area contributed by atoms with Gasteiger partial charge < -0.3 is 25.0 Å². The van der Waals surface area contributed by atoms with Gasteiger partial charge in [0.05, 0.1) is 38.0 Å². The van der Waals surface area contributed by atoms with Crippen LogP contribution >= 0.6 is 11.3 Å². The average molecular weight is 454 g/mol.